The normalized spacial score (nSPS) is 12.8. The predicted octanol–water partition coefficient (Wildman–Crippen LogP) is 2.50. The summed E-state index contributed by atoms with van der Waals surface area (Å²) in [5, 5.41) is 9.43. The van der Waals surface area contributed by atoms with Crippen LogP contribution in [0.3, 0.4) is 0 Å². The monoisotopic (exact) mass is 182 g/mol. The first-order valence-electron chi connectivity index (χ1n) is 4.11. The van der Waals surface area contributed by atoms with Crippen molar-refractivity contribution in [2.75, 3.05) is 5.75 Å². The van der Waals surface area contributed by atoms with Crippen LogP contribution in [0.1, 0.15) is 12.5 Å². The number of benzene rings is 1. The van der Waals surface area contributed by atoms with Crippen molar-refractivity contribution in [1.82, 2.24) is 0 Å². The number of phenols is 1. The molecular formula is C10H14OS. The largest absolute Gasteiger partial charge is 0.508 e. The molecule has 1 aromatic rings. The zero-order chi connectivity index (χ0) is 8.97. The van der Waals surface area contributed by atoms with E-state index >= 15 is 0 Å². The summed E-state index contributed by atoms with van der Waals surface area (Å²) in [6.07, 6.45) is 0.899. The summed E-state index contributed by atoms with van der Waals surface area (Å²) in [5.41, 5.74) is 1.01. The molecule has 1 atom stereocenters. The minimum atomic E-state index is 0.395. The van der Waals surface area contributed by atoms with Gasteiger partial charge in [-0.15, -0.1) is 0 Å². The van der Waals surface area contributed by atoms with Gasteiger partial charge in [-0.2, -0.15) is 12.6 Å². The number of phenolic OH excluding ortho intramolecular Hbond substituents is 1. The molecule has 1 N–H and O–H groups in total. The van der Waals surface area contributed by atoms with Gasteiger partial charge in [-0.1, -0.05) is 25.1 Å². The van der Waals surface area contributed by atoms with Crippen LogP contribution in [-0.4, -0.2) is 10.9 Å². The fourth-order valence-electron chi connectivity index (χ4n) is 1.12. The molecule has 0 aliphatic rings. The summed E-state index contributed by atoms with van der Waals surface area (Å²) in [6.45, 7) is 2.12. The summed E-state index contributed by atoms with van der Waals surface area (Å²) >= 11 is 4.20. The smallest absolute Gasteiger partial charge is 0.118 e. The van der Waals surface area contributed by atoms with E-state index in [-0.39, 0.29) is 0 Å². The van der Waals surface area contributed by atoms with Crippen molar-refractivity contribution in [3.05, 3.63) is 29.8 Å². The van der Waals surface area contributed by atoms with E-state index in [0.717, 1.165) is 17.7 Å². The van der Waals surface area contributed by atoms with Crippen LogP contribution in [0.2, 0.25) is 0 Å². The molecule has 0 heterocycles. The lowest BCUT2D eigenvalue weighted by atomic mass is 10.0. The maximum atomic E-state index is 9.43. The van der Waals surface area contributed by atoms with Gasteiger partial charge in [-0.25, -0.2) is 0 Å². The van der Waals surface area contributed by atoms with Gasteiger partial charge in [0.25, 0.3) is 0 Å². The van der Waals surface area contributed by atoms with Crippen LogP contribution in [-0.2, 0) is 6.42 Å². The molecule has 1 aromatic carbocycles. The van der Waals surface area contributed by atoms with Crippen molar-refractivity contribution in [2.45, 2.75) is 13.3 Å². The van der Waals surface area contributed by atoms with E-state index in [4.69, 9.17) is 0 Å². The molecule has 1 rings (SSSR count). The van der Waals surface area contributed by atoms with Gasteiger partial charge < -0.3 is 5.11 Å². The molecular weight excluding hydrogens is 168 g/mol. The molecule has 0 amide bonds. The van der Waals surface area contributed by atoms with Crippen LogP contribution in [0.5, 0.6) is 5.75 Å². The van der Waals surface area contributed by atoms with Gasteiger partial charge in [-0.3, -0.25) is 0 Å². The Bertz CT molecular complexity index is 247. The Labute approximate surface area is 78.8 Å². The fraction of sp³-hybridized carbons (Fsp3) is 0.400. The summed E-state index contributed by atoms with van der Waals surface area (Å²) < 4.78 is 0. The van der Waals surface area contributed by atoms with E-state index < -0.39 is 0 Å². The third-order valence-electron chi connectivity index (χ3n) is 1.87. The first-order chi connectivity index (χ1) is 5.74. The van der Waals surface area contributed by atoms with Gasteiger partial charge in [0.05, 0.1) is 0 Å². The Morgan fingerprint density at radius 1 is 1.42 bits per heavy atom. The molecule has 1 nitrogen and oxygen atoms in total. The lowest BCUT2D eigenvalue weighted by Crippen LogP contribution is -2.00. The zero-order valence-electron chi connectivity index (χ0n) is 7.20. The van der Waals surface area contributed by atoms with E-state index in [1.807, 2.05) is 18.2 Å². The first-order valence-corrected chi connectivity index (χ1v) is 4.75. The molecule has 0 saturated carbocycles. The van der Waals surface area contributed by atoms with Crippen LogP contribution in [0.4, 0.5) is 0 Å². The summed E-state index contributed by atoms with van der Waals surface area (Å²) in [7, 11) is 0. The van der Waals surface area contributed by atoms with Gasteiger partial charge in [0.1, 0.15) is 5.75 Å². The lowest BCUT2D eigenvalue weighted by molar-refractivity contribution is 0.463. The van der Waals surface area contributed by atoms with Crippen LogP contribution >= 0.6 is 12.6 Å². The zero-order valence-corrected chi connectivity index (χ0v) is 8.09. The average molecular weight is 182 g/mol. The maximum absolute atomic E-state index is 9.43. The Morgan fingerprint density at radius 2 is 2.08 bits per heavy atom. The van der Waals surface area contributed by atoms with Gasteiger partial charge in [0, 0.05) is 0 Å². The Balaban J connectivity index is 2.69. The average Bonchev–Trinajstić information content (AvgIpc) is 2.09. The molecule has 0 aromatic heterocycles. The molecule has 0 saturated heterocycles. The van der Waals surface area contributed by atoms with Gasteiger partial charge in [0.2, 0.25) is 0 Å². The van der Waals surface area contributed by atoms with Crippen LogP contribution in [0.25, 0.3) is 0 Å². The number of hydrogen-bond acceptors (Lipinski definition) is 2. The number of rotatable bonds is 3. The van der Waals surface area contributed by atoms with Gasteiger partial charge in [-0.05, 0) is 29.7 Å². The molecule has 0 fully saturated rings. The molecule has 12 heavy (non-hydrogen) atoms. The molecule has 0 aliphatic heterocycles. The maximum Gasteiger partial charge on any atom is 0.118 e. The molecule has 66 valence electrons. The van der Waals surface area contributed by atoms with Crippen molar-refractivity contribution in [1.29, 1.82) is 0 Å². The van der Waals surface area contributed by atoms with Gasteiger partial charge in [0.15, 0.2) is 0 Å². The Morgan fingerprint density at radius 3 is 2.67 bits per heavy atom. The lowest BCUT2D eigenvalue weighted by Gasteiger charge is -2.08. The van der Waals surface area contributed by atoms with E-state index in [1.165, 1.54) is 0 Å². The summed E-state index contributed by atoms with van der Waals surface area (Å²) in [5.74, 6) is 1.77. The predicted molar refractivity (Wildman–Crippen MR) is 54.8 cm³/mol. The topological polar surface area (TPSA) is 20.2 Å². The van der Waals surface area contributed by atoms with E-state index in [0.29, 0.717) is 11.7 Å². The third kappa shape index (κ3) is 2.45. The number of aromatic hydroxyl groups is 1. The molecule has 0 aliphatic carbocycles. The number of para-hydroxylation sites is 1. The van der Waals surface area contributed by atoms with Gasteiger partial charge >= 0.3 is 0 Å². The van der Waals surface area contributed by atoms with Crippen LogP contribution < -0.4 is 0 Å². The quantitative estimate of drug-likeness (QED) is 0.688. The number of thiol groups is 1. The van der Waals surface area contributed by atoms with E-state index in [2.05, 4.69) is 19.6 Å². The van der Waals surface area contributed by atoms with Crippen LogP contribution in [0, 0.1) is 5.92 Å². The Kier molecular flexibility index (Phi) is 3.48. The molecule has 0 bridgehead atoms. The number of hydrogen-bond donors (Lipinski definition) is 2. The van der Waals surface area contributed by atoms with Crippen molar-refractivity contribution in [3.63, 3.8) is 0 Å². The fourth-order valence-corrected chi connectivity index (χ4v) is 1.25. The third-order valence-corrected chi connectivity index (χ3v) is 2.50. The second kappa shape index (κ2) is 4.41. The minimum absolute atomic E-state index is 0.395. The molecule has 1 unspecified atom stereocenters. The van der Waals surface area contributed by atoms with Crippen LogP contribution in [0.15, 0.2) is 24.3 Å². The second-order valence-corrected chi connectivity index (χ2v) is 3.49. The van der Waals surface area contributed by atoms with Crippen molar-refractivity contribution in [3.8, 4) is 5.75 Å². The highest BCUT2D eigenvalue weighted by atomic mass is 32.1. The summed E-state index contributed by atoms with van der Waals surface area (Å²) in [4.78, 5) is 0. The summed E-state index contributed by atoms with van der Waals surface area (Å²) in [6, 6.07) is 7.46. The molecule has 2 heteroatoms. The molecule has 0 radical (unpaired) electrons. The van der Waals surface area contributed by atoms with Crippen molar-refractivity contribution >= 4 is 12.6 Å². The second-order valence-electron chi connectivity index (χ2n) is 3.12. The Hall–Kier alpha value is -0.630. The van der Waals surface area contributed by atoms with Crippen molar-refractivity contribution in [2.24, 2.45) is 5.92 Å². The molecule has 0 spiro atoms. The highest BCUT2D eigenvalue weighted by Gasteiger charge is 2.04. The van der Waals surface area contributed by atoms with Crippen molar-refractivity contribution < 1.29 is 5.11 Å². The highest BCUT2D eigenvalue weighted by Crippen LogP contribution is 2.19. The highest BCUT2D eigenvalue weighted by molar-refractivity contribution is 7.80. The SMILES string of the molecule is CC(CS)Cc1ccccc1O. The van der Waals surface area contributed by atoms with E-state index in [9.17, 15) is 5.11 Å². The standard InChI is InChI=1S/C10H14OS/c1-8(7-12)6-9-4-2-3-5-10(9)11/h2-5,8,11-12H,6-7H2,1H3. The van der Waals surface area contributed by atoms with E-state index in [1.54, 1.807) is 6.07 Å². The minimum Gasteiger partial charge on any atom is -0.508 e. The first kappa shape index (κ1) is 9.46.